The van der Waals surface area contributed by atoms with Crippen LogP contribution in [0.4, 0.5) is 0 Å². The molecule has 6 heteroatoms. The van der Waals surface area contributed by atoms with Gasteiger partial charge in [-0.3, -0.25) is 9.88 Å². The van der Waals surface area contributed by atoms with Gasteiger partial charge in [0.1, 0.15) is 17.3 Å². The summed E-state index contributed by atoms with van der Waals surface area (Å²) in [4.78, 5) is 15.8. The van der Waals surface area contributed by atoms with E-state index < -0.39 is 0 Å². The summed E-state index contributed by atoms with van der Waals surface area (Å²) in [5.41, 5.74) is 7.25. The Hall–Kier alpha value is -3.74. The van der Waals surface area contributed by atoms with Gasteiger partial charge in [-0.05, 0) is 80.1 Å². The second kappa shape index (κ2) is 12.0. The summed E-state index contributed by atoms with van der Waals surface area (Å²) in [6, 6.07) is 26.0. The monoisotopic (exact) mass is 521 g/mol. The number of aryl methyl sites for hydroxylation is 2. The molecule has 39 heavy (non-hydrogen) atoms. The molecule has 1 aliphatic rings. The fourth-order valence-electron chi connectivity index (χ4n) is 5.54. The highest BCUT2D eigenvalue weighted by Gasteiger charge is 2.28. The first-order valence-corrected chi connectivity index (χ1v) is 13.6. The molecule has 0 saturated heterocycles. The van der Waals surface area contributed by atoms with Crippen molar-refractivity contribution in [1.82, 2.24) is 25.2 Å². The van der Waals surface area contributed by atoms with Crippen LogP contribution in [0, 0.1) is 6.92 Å². The van der Waals surface area contributed by atoms with Gasteiger partial charge in [0.05, 0.1) is 35.4 Å². The topological polar surface area (TPSA) is 70.0 Å². The Morgan fingerprint density at radius 3 is 2.62 bits per heavy atom. The van der Waals surface area contributed by atoms with Crippen molar-refractivity contribution in [2.75, 3.05) is 0 Å². The van der Waals surface area contributed by atoms with Gasteiger partial charge in [0.25, 0.3) is 0 Å². The van der Waals surface area contributed by atoms with Crippen LogP contribution in [-0.2, 0) is 26.1 Å². The van der Waals surface area contributed by atoms with Crippen LogP contribution < -0.4 is 5.32 Å². The summed E-state index contributed by atoms with van der Waals surface area (Å²) >= 11 is 0. The zero-order valence-corrected chi connectivity index (χ0v) is 22.2. The average Bonchev–Trinajstić information content (AvgIpc) is 3.57. The highest BCUT2D eigenvalue weighted by molar-refractivity contribution is 5.74. The molecule has 6 nitrogen and oxygen atoms in total. The van der Waals surface area contributed by atoms with Crippen molar-refractivity contribution >= 4 is 11.0 Å². The van der Waals surface area contributed by atoms with Crippen molar-refractivity contribution in [3.05, 3.63) is 119 Å². The molecule has 3 aromatic heterocycles. The molecule has 0 aliphatic heterocycles. The van der Waals surface area contributed by atoms with E-state index in [4.69, 9.17) is 14.4 Å². The minimum absolute atomic E-state index is 0. The van der Waals surface area contributed by atoms with Crippen LogP contribution in [0.25, 0.3) is 11.0 Å². The van der Waals surface area contributed by atoms with Gasteiger partial charge in [-0.25, -0.2) is 4.98 Å². The molecule has 0 amide bonds. The molecule has 202 valence electrons. The fraction of sp³-hybridized carbons (Fsp3) is 0.333. The molecule has 0 bridgehead atoms. The first-order chi connectivity index (χ1) is 18.6. The predicted molar refractivity (Wildman–Crippen MR) is 157 cm³/mol. The van der Waals surface area contributed by atoms with Gasteiger partial charge in [-0.2, -0.15) is 0 Å². The number of hydrogen-bond acceptors (Lipinski definition) is 5. The predicted octanol–water partition coefficient (Wildman–Crippen LogP) is 7.43. The number of fused-ring (bicyclic) bond motifs is 2. The van der Waals surface area contributed by atoms with Crippen LogP contribution in [0.2, 0.25) is 0 Å². The number of imidazole rings is 1. The molecule has 6 rings (SSSR count). The molecule has 0 saturated carbocycles. The molecular formula is C33H39N5O. The average molecular weight is 522 g/mol. The van der Waals surface area contributed by atoms with Crippen LogP contribution in [0.5, 0.6) is 0 Å². The van der Waals surface area contributed by atoms with E-state index in [0.29, 0.717) is 0 Å². The summed E-state index contributed by atoms with van der Waals surface area (Å²) in [6.07, 6.45) is 5.33. The van der Waals surface area contributed by atoms with Gasteiger partial charge in [0, 0.05) is 19.3 Å². The van der Waals surface area contributed by atoms with E-state index in [-0.39, 0.29) is 19.5 Å². The van der Waals surface area contributed by atoms with Crippen molar-refractivity contribution in [2.45, 2.75) is 72.3 Å². The zero-order valence-electron chi connectivity index (χ0n) is 22.2. The maximum atomic E-state index is 5.77. The number of furan rings is 1. The Labute approximate surface area is 231 Å². The number of nitrogens with one attached hydrogen (secondary N) is 2. The smallest absolute Gasteiger partial charge is 0.121 e. The molecule has 5 aromatic rings. The van der Waals surface area contributed by atoms with E-state index in [1.165, 1.54) is 28.8 Å². The van der Waals surface area contributed by atoms with Crippen LogP contribution in [-0.4, -0.2) is 19.9 Å². The summed E-state index contributed by atoms with van der Waals surface area (Å²) in [6.45, 7) is 6.50. The number of pyridine rings is 1. The molecule has 3 heterocycles. The molecule has 0 fully saturated rings. The first-order valence-electron chi connectivity index (χ1n) is 13.6. The van der Waals surface area contributed by atoms with Gasteiger partial charge >= 0.3 is 0 Å². The fourth-order valence-corrected chi connectivity index (χ4v) is 5.54. The summed E-state index contributed by atoms with van der Waals surface area (Å²) < 4.78 is 5.77. The molecule has 2 atom stereocenters. The maximum Gasteiger partial charge on any atom is 0.121 e. The summed E-state index contributed by atoms with van der Waals surface area (Å²) in [7, 11) is 0. The lowest BCUT2D eigenvalue weighted by atomic mass is 9.90. The third-order valence-corrected chi connectivity index (χ3v) is 7.61. The number of aromatic nitrogens is 3. The minimum atomic E-state index is 0. The number of H-pyrrole nitrogens is 1. The van der Waals surface area contributed by atoms with Gasteiger partial charge < -0.3 is 14.7 Å². The molecular weight excluding hydrogens is 482 g/mol. The van der Waals surface area contributed by atoms with Crippen molar-refractivity contribution < 1.29 is 4.42 Å². The van der Waals surface area contributed by atoms with E-state index in [1.54, 1.807) is 0 Å². The standard InChI is InChI=1S/C32H35N5O.CH4/c1-22-12-17-30(38-22)23(2)34-19-24-13-15-25(16-14-24)20-37(21-31-35-27-9-3-4-10-28(27)36-31)29-11-5-7-26-8-6-18-33-32(26)29;/h3-4,6,8-10,12-18,23,29,34H,5,7,11,19-21H2,1-2H3,(H,35,36);1H4. The normalized spacial score (nSPS) is 15.7. The van der Waals surface area contributed by atoms with E-state index >= 15 is 0 Å². The Kier molecular flexibility index (Phi) is 8.24. The lowest BCUT2D eigenvalue weighted by Crippen LogP contribution is -2.31. The van der Waals surface area contributed by atoms with Crippen molar-refractivity contribution in [3.8, 4) is 0 Å². The van der Waals surface area contributed by atoms with E-state index in [0.717, 1.165) is 60.9 Å². The molecule has 0 spiro atoms. The van der Waals surface area contributed by atoms with Crippen LogP contribution in [0.15, 0.2) is 83.4 Å². The van der Waals surface area contributed by atoms with E-state index in [9.17, 15) is 0 Å². The summed E-state index contributed by atoms with van der Waals surface area (Å²) in [5, 5.41) is 3.57. The van der Waals surface area contributed by atoms with Crippen LogP contribution in [0.1, 0.15) is 79.0 Å². The SMILES string of the molecule is C.Cc1ccc(C(C)NCc2ccc(CN(Cc3nc4ccccc4[nH]3)C3CCCc4cccnc43)cc2)o1. The van der Waals surface area contributed by atoms with Crippen molar-refractivity contribution in [1.29, 1.82) is 0 Å². The van der Waals surface area contributed by atoms with Gasteiger partial charge in [-0.15, -0.1) is 0 Å². The highest BCUT2D eigenvalue weighted by atomic mass is 16.3. The molecule has 2 aromatic carbocycles. The lowest BCUT2D eigenvalue weighted by Gasteiger charge is -2.34. The number of benzene rings is 2. The third-order valence-electron chi connectivity index (χ3n) is 7.61. The van der Waals surface area contributed by atoms with Crippen LogP contribution >= 0.6 is 0 Å². The maximum absolute atomic E-state index is 5.77. The van der Waals surface area contributed by atoms with Gasteiger partial charge in [0.15, 0.2) is 0 Å². The van der Waals surface area contributed by atoms with Crippen LogP contribution in [0.3, 0.4) is 0 Å². The second-order valence-corrected chi connectivity index (χ2v) is 10.4. The van der Waals surface area contributed by atoms with E-state index in [1.807, 2.05) is 31.3 Å². The third kappa shape index (κ3) is 6.13. The second-order valence-electron chi connectivity index (χ2n) is 10.4. The number of rotatable bonds is 9. The molecule has 2 N–H and O–H groups in total. The quantitative estimate of drug-likeness (QED) is 0.211. The largest absolute Gasteiger partial charge is 0.465 e. The zero-order chi connectivity index (χ0) is 25.9. The number of nitrogens with zero attached hydrogens (tertiary/aromatic N) is 3. The number of para-hydroxylation sites is 2. The molecule has 2 unspecified atom stereocenters. The van der Waals surface area contributed by atoms with E-state index in [2.05, 4.69) is 76.7 Å². The Bertz CT molecular complexity index is 1470. The minimum Gasteiger partial charge on any atom is -0.465 e. The number of aromatic amines is 1. The van der Waals surface area contributed by atoms with Gasteiger partial charge in [-0.1, -0.05) is 49.9 Å². The van der Waals surface area contributed by atoms with Crippen molar-refractivity contribution in [2.24, 2.45) is 0 Å². The van der Waals surface area contributed by atoms with Crippen molar-refractivity contribution in [3.63, 3.8) is 0 Å². The first kappa shape index (κ1) is 26.9. The Morgan fingerprint density at radius 1 is 1.00 bits per heavy atom. The number of hydrogen-bond donors (Lipinski definition) is 2. The molecule has 0 radical (unpaired) electrons. The summed E-state index contributed by atoms with van der Waals surface area (Å²) in [5.74, 6) is 2.92. The Morgan fingerprint density at radius 2 is 1.82 bits per heavy atom. The Balaban J connectivity index is 0.00000308. The van der Waals surface area contributed by atoms with Gasteiger partial charge in [0.2, 0.25) is 0 Å². The lowest BCUT2D eigenvalue weighted by molar-refractivity contribution is 0.153. The molecule has 1 aliphatic carbocycles. The highest BCUT2D eigenvalue weighted by Crippen LogP contribution is 2.34.